The van der Waals surface area contributed by atoms with E-state index in [0.29, 0.717) is 41.4 Å². The lowest BCUT2D eigenvalue weighted by atomic mass is 9.93. The molecule has 1 aliphatic heterocycles. The predicted octanol–water partition coefficient (Wildman–Crippen LogP) is 6.76. The number of nitrogens with zero attached hydrogens (tertiary/aromatic N) is 1. The largest absolute Gasteiger partial charge is 0.345 e. The number of fused-ring (bicyclic) bond motifs is 5. The van der Waals surface area contributed by atoms with Crippen molar-refractivity contribution in [1.29, 1.82) is 0 Å². The summed E-state index contributed by atoms with van der Waals surface area (Å²) in [5.41, 5.74) is 5.15. The molecule has 1 saturated carbocycles. The van der Waals surface area contributed by atoms with E-state index in [1.807, 2.05) is 19.1 Å². The van der Waals surface area contributed by atoms with E-state index in [1.165, 1.54) is 19.1 Å². The molecule has 10 heteroatoms. The van der Waals surface area contributed by atoms with Gasteiger partial charge in [0.2, 0.25) is 12.3 Å². The molecule has 2 amide bonds. The molecule has 2 aromatic heterocycles. The first-order valence-corrected chi connectivity index (χ1v) is 14.0. The number of carbonyl (C=O) groups is 2. The molecule has 2 bridgehead atoms. The van der Waals surface area contributed by atoms with Crippen LogP contribution < -0.4 is 15.6 Å². The van der Waals surface area contributed by atoms with Crippen molar-refractivity contribution in [2.45, 2.75) is 45.2 Å². The number of nitrogens with one attached hydrogen (secondary N) is 4. The van der Waals surface area contributed by atoms with Crippen molar-refractivity contribution in [2.24, 2.45) is 11.8 Å². The summed E-state index contributed by atoms with van der Waals surface area (Å²) in [6.07, 6.45) is 3.01. The van der Waals surface area contributed by atoms with Crippen molar-refractivity contribution >= 4 is 35.3 Å². The monoisotopic (exact) mass is 576 g/mol. The number of imidazole rings is 1. The van der Waals surface area contributed by atoms with Crippen LogP contribution in [0.25, 0.3) is 22.4 Å². The molecule has 7 nitrogen and oxygen atoms in total. The van der Waals surface area contributed by atoms with E-state index in [2.05, 4.69) is 20.6 Å². The molecule has 0 radical (unpaired) electrons. The normalized spacial score (nSPS) is 20.5. The number of aryl methyl sites for hydroxylation is 1. The van der Waals surface area contributed by atoms with Crippen molar-refractivity contribution in [3.05, 3.63) is 82.3 Å². The van der Waals surface area contributed by atoms with Crippen LogP contribution in [0.3, 0.4) is 0 Å². The van der Waals surface area contributed by atoms with Gasteiger partial charge in [-0.25, -0.2) is 18.7 Å². The number of carbonyl (C=O) groups excluding carboxylic acids is 2. The summed E-state index contributed by atoms with van der Waals surface area (Å²) in [7, 11) is 0. The molecular formula is C31H29ClF2N5O2+. The SMILES string of the molecule is Cc1[nH]c2nc1-c1ccc(NC=O)cc1NC(=O)CC1CC1CC2c1ccc(-c2c(C(C)F)ccc(Cl)c2F)c[nH+]1. The van der Waals surface area contributed by atoms with Crippen LogP contribution in [0.2, 0.25) is 5.02 Å². The molecule has 4 unspecified atom stereocenters. The van der Waals surface area contributed by atoms with Crippen LogP contribution in [0, 0.1) is 24.6 Å². The average Bonchev–Trinajstić information content (AvgIpc) is 3.55. The van der Waals surface area contributed by atoms with Gasteiger partial charge in [0.25, 0.3) is 0 Å². The zero-order valence-corrected chi connectivity index (χ0v) is 23.3. The van der Waals surface area contributed by atoms with E-state index in [0.717, 1.165) is 35.6 Å². The second-order valence-corrected chi connectivity index (χ2v) is 11.3. The number of anilines is 2. The Morgan fingerprint density at radius 3 is 2.73 bits per heavy atom. The number of aromatic nitrogens is 3. The van der Waals surface area contributed by atoms with Crippen LogP contribution in [-0.2, 0) is 9.59 Å². The standard InChI is InChI=1S/C31H28ClF2N5O2/c1-15(33)21-6-7-24(32)29(34)28(21)17-3-8-25(35-13-17)23-10-18-9-19(18)11-27(41)38-26-12-20(36-14-40)4-5-22(26)30-16(2)37-31(23)39-30/h3-8,12-15,18-19,23H,9-11H2,1-2H3,(H,36,40)(H,37,39)(H,38,41)/p+1. The maximum absolute atomic E-state index is 15.1. The van der Waals surface area contributed by atoms with Crippen molar-refractivity contribution < 1.29 is 23.4 Å². The first-order chi connectivity index (χ1) is 19.7. The van der Waals surface area contributed by atoms with Crippen molar-refractivity contribution in [3.8, 4) is 22.4 Å². The third kappa shape index (κ3) is 5.22. The lowest BCUT2D eigenvalue weighted by molar-refractivity contribution is -0.391. The summed E-state index contributed by atoms with van der Waals surface area (Å²) in [5, 5.41) is 5.60. The lowest BCUT2D eigenvalue weighted by Crippen LogP contribution is -2.19. The number of H-pyrrole nitrogens is 2. The van der Waals surface area contributed by atoms with E-state index < -0.39 is 12.0 Å². The Morgan fingerprint density at radius 2 is 2.00 bits per heavy atom. The van der Waals surface area contributed by atoms with Gasteiger partial charge < -0.3 is 15.6 Å². The Hall–Kier alpha value is -4.11. The van der Waals surface area contributed by atoms with E-state index in [4.69, 9.17) is 16.6 Å². The zero-order valence-electron chi connectivity index (χ0n) is 22.5. The number of rotatable bonds is 5. The summed E-state index contributed by atoms with van der Waals surface area (Å²) in [6, 6.07) is 11.9. The highest BCUT2D eigenvalue weighted by molar-refractivity contribution is 6.31. The molecule has 1 aliphatic carbocycles. The second kappa shape index (κ2) is 10.7. The highest BCUT2D eigenvalue weighted by Gasteiger charge is 2.42. The molecular weight excluding hydrogens is 548 g/mol. The van der Waals surface area contributed by atoms with Crippen LogP contribution in [-0.4, -0.2) is 22.3 Å². The number of halogens is 3. The molecule has 0 spiro atoms. The molecule has 4 atom stereocenters. The molecule has 3 heterocycles. The minimum atomic E-state index is -1.37. The van der Waals surface area contributed by atoms with Gasteiger partial charge in [0.1, 0.15) is 23.7 Å². The molecule has 1 fully saturated rings. The van der Waals surface area contributed by atoms with Crippen LogP contribution in [0.15, 0.2) is 48.7 Å². The van der Waals surface area contributed by atoms with Gasteiger partial charge in [0, 0.05) is 40.6 Å². The number of alkyl halides is 1. The van der Waals surface area contributed by atoms with Gasteiger partial charge >= 0.3 is 0 Å². The van der Waals surface area contributed by atoms with Gasteiger partial charge in [0.05, 0.1) is 16.4 Å². The summed E-state index contributed by atoms with van der Waals surface area (Å²) >= 11 is 6.04. The smallest absolute Gasteiger partial charge is 0.224 e. The Balaban J connectivity index is 1.42. The first-order valence-electron chi connectivity index (χ1n) is 13.6. The predicted molar refractivity (Wildman–Crippen MR) is 153 cm³/mol. The summed E-state index contributed by atoms with van der Waals surface area (Å²) in [5.74, 6) is 0.477. The Morgan fingerprint density at radius 1 is 1.17 bits per heavy atom. The van der Waals surface area contributed by atoms with E-state index in [-0.39, 0.29) is 33.9 Å². The number of pyridine rings is 1. The number of hydrogen-bond donors (Lipinski definition) is 3. The number of benzene rings is 2. The minimum absolute atomic E-state index is 0.0652. The molecule has 210 valence electrons. The van der Waals surface area contributed by atoms with E-state index in [1.54, 1.807) is 24.4 Å². The van der Waals surface area contributed by atoms with Crippen molar-refractivity contribution in [3.63, 3.8) is 0 Å². The maximum Gasteiger partial charge on any atom is 0.224 e. The highest BCUT2D eigenvalue weighted by Crippen LogP contribution is 2.49. The third-order valence-corrected chi connectivity index (χ3v) is 8.41. The Labute approximate surface area is 240 Å². The topological polar surface area (TPSA) is 101 Å². The van der Waals surface area contributed by atoms with Crippen LogP contribution in [0.1, 0.15) is 61.1 Å². The van der Waals surface area contributed by atoms with Crippen LogP contribution >= 0.6 is 11.6 Å². The fourth-order valence-corrected chi connectivity index (χ4v) is 6.06. The average molecular weight is 577 g/mol. The summed E-state index contributed by atoms with van der Waals surface area (Å²) in [4.78, 5) is 35.7. The summed E-state index contributed by atoms with van der Waals surface area (Å²) < 4.78 is 29.4. The molecule has 41 heavy (non-hydrogen) atoms. The molecule has 0 saturated heterocycles. The number of amides is 2. The van der Waals surface area contributed by atoms with Gasteiger partial charge in [-0.2, -0.15) is 0 Å². The highest BCUT2D eigenvalue weighted by atomic mass is 35.5. The third-order valence-electron chi connectivity index (χ3n) is 8.12. The van der Waals surface area contributed by atoms with E-state index >= 15 is 4.39 Å². The van der Waals surface area contributed by atoms with Gasteiger partial charge in [-0.05, 0) is 74.4 Å². The molecule has 4 aromatic rings. The van der Waals surface area contributed by atoms with Crippen LogP contribution in [0.5, 0.6) is 0 Å². The molecule has 2 aliphatic rings. The second-order valence-electron chi connectivity index (χ2n) is 10.9. The Kier molecular flexibility index (Phi) is 7.07. The lowest BCUT2D eigenvalue weighted by Gasteiger charge is -2.15. The van der Waals surface area contributed by atoms with Gasteiger partial charge in [-0.1, -0.05) is 17.7 Å². The van der Waals surface area contributed by atoms with Crippen molar-refractivity contribution in [1.82, 2.24) is 9.97 Å². The molecule has 6 rings (SSSR count). The fourth-order valence-electron chi connectivity index (χ4n) is 5.90. The molecule has 2 aromatic carbocycles. The number of aromatic amines is 2. The van der Waals surface area contributed by atoms with Crippen molar-refractivity contribution in [2.75, 3.05) is 10.6 Å². The molecule has 4 N–H and O–H groups in total. The van der Waals surface area contributed by atoms with E-state index in [9.17, 15) is 14.0 Å². The van der Waals surface area contributed by atoms with Crippen LogP contribution in [0.4, 0.5) is 20.2 Å². The fraction of sp³-hybridized carbons (Fsp3) is 0.290. The minimum Gasteiger partial charge on any atom is -0.345 e. The Bertz CT molecular complexity index is 1650. The summed E-state index contributed by atoms with van der Waals surface area (Å²) in [6.45, 7) is 3.30. The number of hydrogen-bond acceptors (Lipinski definition) is 3. The zero-order chi connectivity index (χ0) is 28.8. The van der Waals surface area contributed by atoms with Gasteiger partial charge in [-0.15, -0.1) is 0 Å². The first kappa shape index (κ1) is 27.1. The maximum atomic E-state index is 15.1. The van der Waals surface area contributed by atoms with Gasteiger partial charge in [-0.3, -0.25) is 9.59 Å². The van der Waals surface area contributed by atoms with Gasteiger partial charge in [0.15, 0.2) is 11.9 Å². The quantitative estimate of drug-likeness (QED) is 0.229.